The summed E-state index contributed by atoms with van der Waals surface area (Å²) in [6.07, 6.45) is 1.29. The lowest BCUT2D eigenvalue weighted by molar-refractivity contribution is 0.0729. The van der Waals surface area contributed by atoms with Crippen LogP contribution in [0, 0.1) is 0 Å². The number of aromatic nitrogens is 1. The lowest BCUT2D eigenvalue weighted by atomic mass is 10.2. The first kappa shape index (κ1) is 16.4. The highest BCUT2D eigenvalue weighted by Gasteiger charge is 2.38. The summed E-state index contributed by atoms with van der Waals surface area (Å²) in [5.74, 6) is -0.0489. The summed E-state index contributed by atoms with van der Waals surface area (Å²) in [4.78, 5) is 20.2. The zero-order valence-corrected chi connectivity index (χ0v) is 15.3. The van der Waals surface area contributed by atoms with E-state index in [0.29, 0.717) is 33.5 Å². The van der Waals surface area contributed by atoms with Crippen LogP contribution in [0.2, 0.25) is 10.0 Å². The summed E-state index contributed by atoms with van der Waals surface area (Å²) in [5.41, 5.74) is 1.97. The van der Waals surface area contributed by atoms with Crippen LogP contribution in [0.15, 0.2) is 54.0 Å². The molecule has 0 saturated heterocycles. The number of carbonyl (C=O) groups excluding carboxylic acids is 1. The van der Waals surface area contributed by atoms with Gasteiger partial charge in [0.15, 0.2) is 0 Å². The Bertz CT molecular complexity index is 930. The van der Waals surface area contributed by atoms with Crippen LogP contribution in [0.1, 0.15) is 27.1 Å². The molecule has 1 amide bonds. The van der Waals surface area contributed by atoms with E-state index in [1.165, 1.54) is 0 Å². The summed E-state index contributed by atoms with van der Waals surface area (Å²) in [6.45, 7) is 0.503. The second-order valence-electron chi connectivity index (χ2n) is 5.62. The van der Waals surface area contributed by atoms with Crippen LogP contribution in [0.3, 0.4) is 0 Å². The molecule has 4 nitrogen and oxygen atoms in total. The SMILES string of the molecule is O=C1c2cccnc2C(Nc2cc(Cl)ccc2Cl)N1Cc1cccs1. The Morgan fingerprint density at radius 1 is 1.20 bits per heavy atom. The Hall–Kier alpha value is -2.08. The van der Waals surface area contributed by atoms with Crippen LogP contribution in [-0.2, 0) is 6.54 Å². The summed E-state index contributed by atoms with van der Waals surface area (Å²) >= 11 is 14.0. The smallest absolute Gasteiger partial charge is 0.258 e. The third kappa shape index (κ3) is 3.11. The number of halogens is 2. The molecule has 25 heavy (non-hydrogen) atoms. The number of amides is 1. The Kier molecular flexibility index (Phi) is 4.37. The second-order valence-corrected chi connectivity index (χ2v) is 7.50. The maximum Gasteiger partial charge on any atom is 0.258 e. The molecule has 0 spiro atoms. The van der Waals surface area contributed by atoms with Crippen LogP contribution in [0.25, 0.3) is 0 Å². The van der Waals surface area contributed by atoms with Gasteiger partial charge in [-0.25, -0.2) is 0 Å². The van der Waals surface area contributed by atoms with Gasteiger partial charge in [0.1, 0.15) is 6.17 Å². The number of rotatable bonds is 4. The van der Waals surface area contributed by atoms with Crippen molar-refractivity contribution in [3.05, 3.63) is 80.2 Å². The van der Waals surface area contributed by atoms with Crippen molar-refractivity contribution < 1.29 is 4.79 Å². The molecule has 3 aromatic rings. The van der Waals surface area contributed by atoms with E-state index in [4.69, 9.17) is 23.2 Å². The molecule has 4 rings (SSSR count). The summed E-state index contributed by atoms with van der Waals surface area (Å²) in [7, 11) is 0. The maximum absolute atomic E-state index is 12.9. The fourth-order valence-corrected chi connectivity index (χ4v) is 3.92. The highest BCUT2D eigenvalue weighted by Crippen LogP contribution is 2.37. The Balaban J connectivity index is 1.72. The van der Waals surface area contributed by atoms with Crippen LogP contribution in [0.5, 0.6) is 0 Å². The normalized spacial score (nSPS) is 16.2. The minimum atomic E-state index is -0.401. The van der Waals surface area contributed by atoms with Crippen LogP contribution < -0.4 is 5.32 Å². The minimum absolute atomic E-state index is 0.0489. The number of pyridine rings is 1. The number of carbonyl (C=O) groups is 1. The number of thiophene rings is 1. The van der Waals surface area contributed by atoms with Gasteiger partial charge in [-0.05, 0) is 41.8 Å². The zero-order chi connectivity index (χ0) is 17.4. The van der Waals surface area contributed by atoms with Crippen LogP contribution in [-0.4, -0.2) is 15.8 Å². The Labute approximate surface area is 159 Å². The van der Waals surface area contributed by atoms with E-state index < -0.39 is 6.17 Å². The molecule has 0 radical (unpaired) electrons. The first-order valence-corrected chi connectivity index (χ1v) is 9.27. The third-order valence-corrected chi connectivity index (χ3v) is 5.45. The number of fused-ring (bicyclic) bond motifs is 1. The lowest BCUT2D eigenvalue weighted by Gasteiger charge is -2.26. The van der Waals surface area contributed by atoms with Gasteiger partial charge < -0.3 is 10.2 Å². The van der Waals surface area contributed by atoms with E-state index in [2.05, 4.69) is 10.3 Å². The summed E-state index contributed by atoms with van der Waals surface area (Å²) in [6, 6.07) is 12.8. The molecule has 0 saturated carbocycles. The molecule has 1 aliphatic heterocycles. The van der Waals surface area contributed by atoms with Crippen molar-refractivity contribution in [2.45, 2.75) is 12.7 Å². The predicted octanol–water partition coefficient (Wildman–Crippen LogP) is 5.22. The molecule has 3 heterocycles. The predicted molar refractivity (Wildman–Crippen MR) is 101 cm³/mol. The molecule has 1 N–H and O–H groups in total. The van der Waals surface area contributed by atoms with Gasteiger partial charge in [-0.15, -0.1) is 11.3 Å². The average Bonchev–Trinajstić information content (AvgIpc) is 3.21. The fourth-order valence-electron chi connectivity index (χ4n) is 2.87. The van der Waals surface area contributed by atoms with Crippen molar-refractivity contribution in [3.8, 4) is 0 Å². The van der Waals surface area contributed by atoms with E-state index in [1.807, 2.05) is 17.5 Å². The molecule has 1 unspecified atom stereocenters. The molecule has 7 heteroatoms. The second kappa shape index (κ2) is 6.67. The molecule has 126 valence electrons. The van der Waals surface area contributed by atoms with Crippen molar-refractivity contribution >= 4 is 46.1 Å². The van der Waals surface area contributed by atoms with Crippen molar-refractivity contribution in [2.24, 2.45) is 0 Å². The van der Waals surface area contributed by atoms with Gasteiger partial charge in [-0.1, -0.05) is 29.3 Å². The van der Waals surface area contributed by atoms with Gasteiger partial charge in [0.2, 0.25) is 0 Å². The van der Waals surface area contributed by atoms with E-state index in [1.54, 1.807) is 52.8 Å². The molecular formula is C18H13Cl2N3OS. The molecule has 1 aliphatic rings. The Morgan fingerprint density at radius 2 is 2.08 bits per heavy atom. The number of anilines is 1. The fraction of sp³-hybridized carbons (Fsp3) is 0.111. The van der Waals surface area contributed by atoms with E-state index in [9.17, 15) is 4.79 Å². The number of nitrogens with one attached hydrogen (secondary N) is 1. The lowest BCUT2D eigenvalue weighted by Crippen LogP contribution is -2.31. The van der Waals surface area contributed by atoms with Gasteiger partial charge in [-0.3, -0.25) is 9.78 Å². The number of hydrogen-bond acceptors (Lipinski definition) is 4. The first-order valence-electron chi connectivity index (χ1n) is 7.63. The van der Waals surface area contributed by atoms with E-state index in [-0.39, 0.29) is 5.91 Å². The summed E-state index contributed by atoms with van der Waals surface area (Å²) < 4.78 is 0. The quantitative estimate of drug-likeness (QED) is 0.665. The first-order chi connectivity index (χ1) is 12.1. The van der Waals surface area contributed by atoms with Crippen molar-refractivity contribution in [1.82, 2.24) is 9.88 Å². The third-order valence-electron chi connectivity index (χ3n) is 4.03. The van der Waals surface area contributed by atoms with Gasteiger partial charge in [0.25, 0.3) is 5.91 Å². The largest absolute Gasteiger partial charge is 0.359 e. The number of benzene rings is 1. The summed E-state index contributed by atoms with van der Waals surface area (Å²) in [5, 5.41) is 6.44. The van der Waals surface area contributed by atoms with Crippen molar-refractivity contribution in [1.29, 1.82) is 0 Å². The molecule has 0 bridgehead atoms. The highest BCUT2D eigenvalue weighted by atomic mass is 35.5. The van der Waals surface area contributed by atoms with Gasteiger partial charge >= 0.3 is 0 Å². The standard InChI is InChI=1S/C18H13Cl2N3OS/c19-11-5-6-14(20)15(9-11)22-17-16-13(4-1-7-21-16)18(24)23(17)10-12-3-2-8-25-12/h1-9,17,22H,10H2. The van der Waals surface area contributed by atoms with Gasteiger partial charge in [-0.2, -0.15) is 0 Å². The molecule has 0 fully saturated rings. The molecule has 2 aromatic heterocycles. The minimum Gasteiger partial charge on any atom is -0.359 e. The highest BCUT2D eigenvalue weighted by molar-refractivity contribution is 7.09. The van der Waals surface area contributed by atoms with Gasteiger partial charge in [0.05, 0.1) is 28.5 Å². The zero-order valence-electron chi connectivity index (χ0n) is 12.9. The number of nitrogens with zero attached hydrogens (tertiary/aromatic N) is 2. The molecule has 0 aliphatic carbocycles. The molecule has 1 aromatic carbocycles. The van der Waals surface area contributed by atoms with Crippen LogP contribution >= 0.6 is 34.5 Å². The number of hydrogen-bond donors (Lipinski definition) is 1. The van der Waals surface area contributed by atoms with Crippen molar-refractivity contribution in [3.63, 3.8) is 0 Å². The van der Waals surface area contributed by atoms with E-state index >= 15 is 0 Å². The molecular weight excluding hydrogens is 377 g/mol. The van der Waals surface area contributed by atoms with Gasteiger partial charge in [0, 0.05) is 16.1 Å². The maximum atomic E-state index is 12.9. The average molecular weight is 390 g/mol. The van der Waals surface area contributed by atoms with Crippen molar-refractivity contribution in [2.75, 3.05) is 5.32 Å². The monoisotopic (exact) mass is 389 g/mol. The van der Waals surface area contributed by atoms with Crippen LogP contribution in [0.4, 0.5) is 5.69 Å². The molecule has 1 atom stereocenters. The van der Waals surface area contributed by atoms with E-state index in [0.717, 1.165) is 4.88 Å². The Morgan fingerprint density at radius 3 is 2.88 bits per heavy atom. The topological polar surface area (TPSA) is 45.2 Å².